The van der Waals surface area contributed by atoms with Gasteiger partial charge < -0.3 is 15.3 Å². The van der Waals surface area contributed by atoms with Gasteiger partial charge in [-0.25, -0.2) is 0 Å². The van der Waals surface area contributed by atoms with E-state index in [0.717, 1.165) is 5.56 Å². The highest BCUT2D eigenvalue weighted by Gasteiger charge is 2.34. The molecular weight excluding hydrogens is 292 g/mol. The van der Waals surface area contributed by atoms with Crippen molar-refractivity contribution < 1.29 is 14.7 Å². The van der Waals surface area contributed by atoms with Crippen LogP contribution in [-0.4, -0.2) is 28.4 Å². The van der Waals surface area contributed by atoms with Crippen LogP contribution < -0.4 is 5.32 Å². The Morgan fingerprint density at radius 2 is 1.96 bits per heavy atom. The van der Waals surface area contributed by atoms with E-state index in [1.165, 1.54) is 12.1 Å². The minimum Gasteiger partial charge on any atom is -0.508 e. The fraction of sp³-hybridized carbons (Fsp3) is 0.222. The molecule has 2 aromatic rings. The number of phenolic OH excluding ortho intramolecular Hbond substituents is 1. The van der Waals surface area contributed by atoms with Crippen LogP contribution in [0.25, 0.3) is 0 Å². The first-order chi connectivity index (χ1) is 11.1. The van der Waals surface area contributed by atoms with Crippen LogP contribution in [0.2, 0.25) is 0 Å². The molecule has 2 N–H and O–H groups in total. The molecule has 5 nitrogen and oxygen atoms in total. The van der Waals surface area contributed by atoms with Gasteiger partial charge in [0.05, 0.1) is 5.92 Å². The molecule has 0 bridgehead atoms. The average molecular weight is 310 g/mol. The number of hydrogen-bond acceptors (Lipinski definition) is 3. The molecule has 1 heterocycles. The molecule has 1 atom stereocenters. The van der Waals surface area contributed by atoms with Crippen molar-refractivity contribution >= 4 is 17.5 Å². The normalized spacial score (nSPS) is 17.3. The number of anilines is 1. The number of carbonyl (C=O) groups excluding carboxylic acids is 2. The van der Waals surface area contributed by atoms with Gasteiger partial charge in [-0.3, -0.25) is 9.59 Å². The number of hydrogen-bond donors (Lipinski definition) is 2. The van der Waals surface area contributed by atoms with Gasteiger partial charge in [0.2, 0.25) is 11.8 Å². The van der Waals surface area contributed by atoms with Gasteiger partial charge in [0.25, 0.3) is 0 Å². The third kappa shape index (κ3) is 3.69. The van der Waals surface area contributed by atoms with E-state index in [4.69, 9.17) is 0 Å². The largest absolute Gasteiger partial charge is 0.508 e. The molecule has 1 unspecified atom stereocenters. The molecule has 1 aliphatic heterocycles. The maximum Gasteiger partial charge on any atom is 0.229 e. The number of amides is 2. The number of nitrogens with one attached hydrogen (secondary N) is 1. The summed E-state index contributed by atoms with van der Waals surface area (Å²) in [5.41, 5.74) is 1.58. The van der Waals surface area contributed by atoms with Crippen LogP contribution in [-0.2, 0) is 16.1 Å². The lowest BCUT2D eigenvalue weighted by Gasteiger charge is -2.16. The molecule has 0 radical (unpaired) electrons. The summed E-state index contributed by atoms with van der Waals surface area (Å²) in [6, 6.07) is 16.1. The highest BCUT2D eigenvalue weighted by atomic mass is 16.3. The number of benzene rings is 2. The van der Waals surface area contributed by atoms with Crippen molar-refractivity contribution in [1.29, 1.82) is 0 Å². The summed E-state index contributed by atoms with van der Waals surface area (Å²) in [5, 5.41) is 12.2. The molecule has 0 aliphatic carbocycles. The molecule has 0 aromatic heterocycles. The Hall–Kier alpha value is -2.82. The number of carbonyl (C=O) groups is 2. The highest BCUT2D eigenvalue weighted by molar-refractivity contribution is 5.97. The van der Waals surface area contributed by atoms with Gasteiger partial charge in [0.1, 0.15) is 5.75 Å². The second-order valence-electron chi connectivity index (χ2n) is 5.70. The Kier molecular flexibility index (Phi) is 4.28. The highest BCUT2D eigenvalue weighted by Crippen LogP contribution is 2.23. The predicted molar refractivity (Wildman–Crippen MR) is 86.7 cm³/mol. The van der Waals surface area contributed by atoms with Crippen LogP contribution in [0.1, 0.15) is 12.0 Å². The van der Waals surface area contributed by atoms with Crippen LogP contribution >= 0.6 is 0 Å². The minimum atomic E-state index is -0.367. The summed E-state index contributed by atoms with van der Waals surface area (Å²) in [6.07, 6.45) is 0.220. The Morgan fingerprint density at radius 1 is 1.17 bits per heavy atom. The second kappa shape index (κ2) is 6.52. The molecule has 1 aliphatic rings. The van der Waals surface area contributed by atoms with E-state index in [1.54, 1.807) is 17.0 Å². The Balaban J connectivity index is 1.61. The number of aromatic hydroxyl groups is 1. The van der Waals surface area contributed by atoms with Crippen LogP contribution in [0.4, 0.5) is 5.69 Å². The molecule has 1 saturated heterocycles. The van der Waals surface area contributed by atoms with E-state index in [1.807, 2.05) is 30.3 Å². The first kappa shape index (κ1) is 15.1. The van der Waals surface area contributed by atoms with Crippen molar-refractivity contribution in [3.63, 3.8) is 0 Å². The van der Waals surface area contributed by atoms with Gasteiger partial charge in [0, 0.05) is 31.3 Å². The van der Waals surface area contributed by atoms with E-state index in [2.05, 4.69) is 5.32 Å². The molecule has 0 spiro atoms. The van der Waals surface area contributed by atoms with Crippen LogP contribution in [0.15, 0.2) is 54.6 Å². The molecule has 118 valence electrons. The zero-order valence-electron chi connectivity index (χ0n) is 12.6. The van der Waals surface area contributed by atoms with Crippen molar-refractivity contribution in [2.24, 2.45) is 5.92 Å². The van der Waals surface area contributed by atoms with Gasteiger partial charge >= 0.3 is 0 Å². The molecule has 0 saturated carbocycles. The number of rotatable bonds is 4. The second-order valence-corrected chi connectivity index (χ2v) is 5.70. The van der Waals surface area contributed by atoms with Crippen LogP contribution in [0, 0.1) is 5.92 Å². The van der Waals surface area contributed by atoms with Gasteiger partial charge in [-0.05, 0) is 17.7 Å². The molecule has 3 rings (SSSR count). The molecule has 23 heavy (non-hydrogen) atoms. The zero-order chi connectivity index (χ0) is 16.2. The van der Waals surface area contributed by atoms with Gasteiger partial charge in [-0.1, -0.05) is 36.4 Å². The van der Waals surface area contributed by atoms with Gasteiger partial charge in [-0.2, -0.15) is 0 Å². The molecule has 1 fully saturated rings. The lowest BCUT2D eigenvalue weighted by Crippen LogP contribution is -2.28. The lowest BCUT2D eigenvalue weighted by atomic mass is 10.1. The quantitative estimate of drug-likeness (QED) is 0.911. The predicted octanol–water partition coefficient (Wildman–Crippen LogP) is 2.38. The molecule has 2 aromatic carbocycles. The van der Waals surface area contributed by atoms with Crippen molar-refractivity contribution in [2.45, 2.75) is 13.0 Å². The Labute approximate surface area is 134 Å². The summed E-state index contributed by atoms with van der Waals surface area (Å²) >= 11 is 0. The summed E-state index contributed by atoms with van der Waals surface area (Å²) < 4.78 is 0. The first-order valence-electron chi connectivity index (χ1n) is 7.53. The van der Waals surface area contributed by atoms with Crippen LogP contribution in [0.3, 0.4) is 0 Å². The molecule has 2 amide bonds. The van der Waals surface area contributed by atoms with Crippen molar-refractivity contribution in [3.8, 4) is 5.75 Å². The van der Waals surface area contributed by atoms with Crippen molar-refractivity contribution in [2.75, 3.05) is 11.9 Å². The van der Waals surface area contributed by atoms with E-state index in [0.29, 0.717) is 18.8 Å². The van der Waals surface area contributed by atoms with E-state index >= 15 is 0 Å². The molecule has 5 heteroatoms. The van der Waals surface area contributed by atoms with E-state index < -0.39 is 0 Å². The van der Waals surface area contributed by atoms with Crippen LogP contribution in [0.5, 0.6) is 5.75 Å². The summed E-state index contributed by atoms with van der Waals surface area (Å²) in [4.78, 5) is 26.1. The SMILES string of the molecule is O=C(Nc1cccc(O)c1)C1CC(=O)N(Cc2ccccc2)C1. The average Bonchev–Trinajstić information content (AvgIpc) is 2.89. The third-order valence-electron chi connectivity index (χ3n) is 3.92. The fourth-order valence-electron chi connectivity index (χ4n) is 2.73. The fourth-order valence-corrected chi connectivity index (χ4v) is 2.73. The van der Waals surface area contributed by atoms with Crippen molar-refractivity contribution in [3.05, 3.63) is 60.2 Å². The minimum absolute atomic E-state index is 0.00934. The Morgan fingerprint density at radius 3 is 2.70 bits per heavy atom. The number of likely N-dealkylation sites (tertiary alicyclic amines) is 1. The third-order valence-corrected chi connectivity index (χ3v) is 3.92. The first-order valence-corrected chi connectivity index (χ1v) is 7.53. The zero-order valence-corrected chi connectivity index (χ0v) is 12.6. The van der Waals surface area contributed by atoms with Crippen molar-refractivity contribution in [1.82, 2.24) is 4.90 Å². The van der Waals surface area contributed by atoms with Gasteiger partial charge in [0.15, 0.2) is 0 Å². The standard InChI is InChI=1S/C18H18N2O3/c21-16-8-4-7-15(10-16)19-18(23)14-9-17(22)20(12-14)11-13-5-2-1-3-6-13/h1-8,10,14,21H,9,11-12H2,(H,19,23). The van der Waals surface area contributed by atoms with E-state index in [-0.39, 0.29) is 29.9 Å². The summed E-state index contributed by atoms with van der Waals surface area (Å²) in [5.74, 6) is -0.478. The number of phenols is 1. The smallest absolute Gasteiger partial charge is 0.229 e. The molecular formula is C18H18N2O3. The summed E-state index contributed by atoms with van der Waals surface area (Å²) in [6.45, 7) is 0.938. The summed E-state index contributed by atoms with van der Waals surface area (Å²) in [7, 11) is 0. The Bertz CT molecular complexity index is 715. The maximum absolute atomic E-state index is 12.3. The maximum atomic E-state index is 12.3. The monoisotopic (exact) mass is 310 g/mol. The topological polar surface area (TPSA) is 69.6 Å². The van der Waals surface area contributed by atoms with E-state index in [9.17, 15) is 14.7 Å². The number of nitrogens with zero attached hydrogens (tertiary/aromatic N) is 1. The lowest BCUT2D eigenvalue weighted by molar-refractivity contribution is -0.128. The van der Waals surface area contributed by atoms with Gasteiger partial charge in [-0.15, -0.1) is 0 Å².